The number of carboxylic acid groups (broad SMARTS) is 1. The molecular formula is C18H26N2O4S. The van der Waals surface area contributed by atoms with Crippen molar-refractivity contribution >= 4 is 29.5 Å². The van der Waals surface area contributed by atoms with Gasteiger partial charge in [-0.25, -0.2) is 4.79 Å². The Morgan fingerprint density at radius 2 is 1.84 bits per heavy atom. The first kappa shape index (κ1) is 21.0. The summed E-state index contributed by atoms with van der Waals surface area (Å²) in [5, 5.41) is 14.6. The van der Waals surface area contributed by atoms with E-state index in [1.54, 1.807) is 24.3 Å². The van der Waals surface area contributed by atoms with Crippen LogP contribution in [0, 0.1) is 0 Å². The number of carboxylic acids is 1. The number of amides is 2. The Balaban J connectivity index is 2.78. The van der Waals surface area contributed by atoms with Crippen molar-refractivity contribution < 1.29 is 19.5 Å². The number of benzene rings is 1. The van der Waals surface area contributed by atoms with Crippen LogP contribution in [0.2, 0.25) is 0 Å². The van der Waals surface area contributed by atoms with Crippen molar-refractivity contribution in [2.45, 2.75) is 57.0 Å². The van der Waals surface area contributed by atoms with E-state index in [2.05, 4.69) is 10.6 Å². The highest BCUT2D eigenvalue weighted by Crippen LogP contribution is 2.22. The van der Waals surface area contributed by atoms with Crippen molar-refractivity contribution in [1.82, 2.24) is 10.6 Å². The third-order valence-corrected chi connectivity index (χ3v) is 4.46. The number of rotatable bonds is 10. The van der Waals surface area contributed by atoms with Crippen molar-refractivity contribution in [3.63, 3.8) is 0 Å². The number of aliphatic carboxylic acids is 1. The minimum Gasteiger partial charge on any atom is -0.480 e. The largest absolute Gasteiger partial charge is 0.480 e. The van der Waals surface area contributed by atoms with Gasteiger partial charge in [-0.15, -0.1) is 11.8 Å². The Morgan fingerprint density at radius 3 is 2.44 bits per heavy atom. The fourth-order valence-electron chi connectivity index (χ4n) is 2.19. The third-order valence-electron chi connectivity index (χ3n) is 3.39. The molecule has 0 bridgehead atoms. The molecule has 1 aromatic rings. The summed E-state index contributed by atoms with van der Waals surface area (Å²) < 4.78 is 0. The molecule has 0 heterocycles. The lowest BCUT2D eigenvalue weighted by Crippen LogP contribution is -2.40. The average Bonchev–Trinajstić information content (AvgIpc) is 2.56. The van der Waals surface area contributed by atoms with E-state index in [0.29, 0.717) is 16.9 Å². The van der Waals surface area contributed by atoms with Gasteiger partial charge in [-0.1, -0.05) is 31.9 Å². The lowest BCUT2D eigenvalue weighted by atomic mass is 10.1. The summed E-state index contributed by atoms with van der Waals surface area (Å²) in [7, 11) is 0. The van der Waals surface area contributed by atoms with Crippen LogP contribution in [-0.2, 0) is 9.59 Å². The van der Waals surface area contributed by atoms with E-state index in [9.17, 15) is 19.5 Å². The summed E-state index contributed by atoms with van der Waals surface area (Å²) in [6.07, 6.45) is 1.98. The summed E-state index contributed by atoms with van der Waals surface area (Å²) in [6, 6.07) is 6.04. The van der Waals surface area contributed by atoms with Crippen LogP contribution in [0.4, 0.5) is 0 Å². The van der Waals surface area contributed by atoms with Crippen molar-refractivity contribution in [1.29, 1.82) is 0 Å². The Labute approximate surface area is 152 Å². The highest BCUT2D eigenvalue weighted by Gasteiger charge is 2.21. The molecule has 0 saturated carbocycles. The Hall–Kier alpha value is -2.02. The second-order valence-electron chi connectivity index (χ2n) is 6.01. The van der Waals surface area contributed by atoms with Gasteiger partial charge in [0.25, 0.3) is 5.91 Å². The third kappa shape index (κ3) is 7.60. The van der Waals surface area contributed by atoms with Crippen molar-refractivity contribution in [2.75, 3.05) is 5.75 Å². The number of carbonyl (C=O) groups excluding carboxylic acids is 2. The summed E-state index contributed by atoms with van der Waals surface area (Å²) in [6.45, 7) is 5.73. The number of hydrogen-bond donors (Lipinski definition) is 3. The van der Waals surface area contributed by atoms with Crippen LogP contribution < -0.4 is 10.6 Å². The van der Waals surface area contributed by atoms with Gasteiger partial charge in [0.05, 0.1) is 11.3 Å². The molecular weight excluding hydrogens is 340 g/mol. The molecule has 6 nitrogen and oxygen atoms in total. The number of carbonyl (C=O) groups is 3. The van der Waals surface area contributed by atoms with E-state index in [1.165, 1.54) is 11.8 Å². The summed E-state index contributed by atoms with van der Waals surface area (Å²) in [5.74, 6) is -1.39. The van der Waals surface area contributed by atoms with Crippen LogP contribution in [-0.4, -0.2) is 40.7 Å². The van der Waals surface area contributed by atoms with Gasteiger partial charge in [-0.05, 0) is 32.4 Å². The molecule has 0 aliphatic carbocycles. The first-order chi connectivity index (χ1) is 11.8. The molecule has 0 radical (unpaired) electrons. The van der Waals surface area contributed by atoms with E-state index in [1.807, 2.05) is 20.8 Å². The molecule has 0 aromatic heterocycles. The molecule has 1 rings (SSSR count). The summed E-state index contributed by atoms with van der Waals surface area (Å²) in [5.41, 5.74) is 0.382. The molecule has 1 atom stereocenters. The molecule has 25 heavy (non-hydrogen) atoms. The molecule has 0 unspecified atom stereocenters. The molecule has 0 saturated heterocycles. The van der Waals surface area contributed by atoms with Gasteiger partial charge in [-0.3, -0.25) is 9.59 Å². The number of nitrogens with one attached hydrogen (secondary N) is 2. The summed E-state index contributed by atoms with van der Waals surface area (Å²) in [4.78, 5) is 36.2. The SMILES string of the molecule is CCCC[C@H](NC(=O)c1ccccc1SCC(=O)NC(C)C)C(=O)O. The van der Waals surface area contributed by atoms with Crippen LogP contribution in [0.25, 0.3) is 0 Å². The van der Waals surface area contributed by atoms with E-state index < -0.39 is 17.9 Å². The standard InChI is InChI=1S/C18H26N2O4S/c1-4-5-9-14(18(23)24)20-17(22)13-8-6-7-10-15(13)25-11-16(21)19-12(2)3/h6-8,10,12,14H,4-5,9,11H2,1-3H3,(H,19,21)(H,20,22)(H,23,24)/t14-/m0/s1. The number of hydrogen-bond acceptors (Lipinski definition) is 4. The van der Waals surface area contributed by atoms with Gasteiger partial charge in [-0.2, -0.15) is 0 Å². The van der Waals surface area contributed by atoms with E-state index in [-0.39, 0.29) is 17.7 Å². The zero-order chi connectivity index (χ0) is 18.8. The Bertz CT molecular complexity index is 604. The molecule has 3 N–H and O–H groups in total. The predicted molar refractivity (Wildman–Crippen MR) is 98.9 cm³/mol. The molecule has 1 aromatic carbocycles. The monoisotopic (exact) mass is 366 g/mol. The predicted octanol–water partition coefficient (Wildman–Crippen LogP) is 2.68. The zero-order valence-corrected chi connectivity index (χ0v) is 15.7. The fraction of sp³-hybridized carbons (Fsp3) is 0.500. The highest BCUT2D eigenvalue weighted by molar-refractivity contribution is 8.00. The number of thioether (sulfide) groups is 1. The van der Waals surface area contributed by atoms with Crippen molar-refractivity contribution in [3.05, 3.63) is 29.8 Å². The normalized spacial score (nSPS) is 11.8. The molecule has 0 aliphatic rings. The van der Waals surface area contributed by atoms with Crippen LogP contribution in [0.15, 0.2) is 29.2 Å². The van der Waals surface area contributed by atoms with E-state index in [0.717, 1.165) is 12.8 Å². The maximum Gasteiger partial charge on any atom is 0.326 e. The van der Waals surface area contributed by atoms with Crippen molar-refractivity contribution in [3.8, 4) is 0 Å². The van der Waals surface area contributed by atoms with Crippen LogP contribution in [0.3, 0.4) is 0 Å². The van der Waals surface area contributed by atoms with Gasteiger partial charge < -0.3 is 15.7 Å². The van der Waals surface area contributed by atoms with Gasteiger partial charge in [0, 0.05) is 10.9 Å². The fourth-order valence-corrected chi connectivity index (χ4v) is 3.05. The molecule has 0 fully saturated rings. The minimum absolute atomic E-state index is 0.0570. The molecule has 7 heteroatoms. The zero-order valence-electron chi connectivity index (χ0n) is 14.9. The lowest BCUT2D eigenvalue weighted by Gasteiger charge is -2.16. The second-order valence-corrected chi connectivity index (χ2v) is 7.03. The Morgan fingerprint density at radius 1 is 1.16 bits per heavy atom. The van der Waals surface area contributed by atoms with Crippen molar-refractivity contribution in [2.24, 2.45) is 0 Å². The van der Waals surface area contributed by atoms with Crippen LogP contribution >= 0.6 is 11.8 Å². The smallest absolute Gasteiger partial charge is 0.326 e. The van der Waals surface area contributed by atoms with E-state index >= 15 is 0 Å². The first-order valence-electron chi connectivity index (χ1n) is 8.40. The topological polar surface area (TPSA) is 95.5 Å². The highest BCUT2D eigenvalue weighted by atomic mass is 32.2. The summed E-state index contributed by atoms with van der Waals surface area (Å²) >= 11 is 1.26. The first-order valence-corrected chi connectivity index (χ1v) is 9.38. The Kier molecular flexibility index (Phi) is 9.05. The average molecular weight is 366 g/mol. The second kappa shape index (κ2) is 10.8. The maximum absolute atomic E-state index is 12.5. The maximum atomic E-state index is 12.5. The molecule has 0 aliphatic heterocycles. The van der Waals surface area contributed by atoms with E-state index in [4.69, 9.17) is 0 Å². The van der Waals surface area contributed by atoms with Gasteiger partial charge >= 0.3 is 5.97 Å². The molecule has 138 valence electrons. The van der Waals surface area contributed by atoms with Gasteiger partial charge in [0.2, 0.25) is 5.91 Å². The van der Waals surface area contributed by atoms with Crippen LogP contribution in [0.5, 0.6) is 0 Å². The van der Waals surface area contributed by atoms with Gasteiger partial charge in [0.1, 0.15) is 6.04 Å². The molecule has 0 spiro atoms. The number of unbranched alkanes of at least 4 members (excludes halogenated alkanes) is 1. The lowest BCUT2D eigenvalue weighted by molar-refractivity contribution is -0.139. The van der Waals surface area contributed by atoms with Gasteiger partial charge in [0.15, 0.2) is 0 Å². The quantitative estimate of drug-likeness (QED) is 0.553. The van der Waals surface area contributed by atoms with Crippen LogP contribution in [0.1, 0.15) is 50.4 Å². The molecule has 2 amide bonds. The minimum atomic E-state index is -1.04.